The van der Waals surface area contributed by atoms with Gasteiger partial charge in [-0.2, -0.15) is 5.10 Å². The lowest BCUT2D eigenvalue weighted by Crippen LogP contribution is -2.05. The highest BCUT2D eigenvalue weighted by molar-refractivity contribution is 5.52. The van der Waals surface area contributed by atoms with E-state index in [2.05, 4.69) is 20.8 Å². The number of methoxy groups -OCH3 is 1. The normalized spacial score (nSPS) is 8.60. The van der Waals surface area contributed by atoms with Gasteiger partial charge in [-0.15, -0.1) is 5.11 Å². The summed E-state index contributed by atoms with van der Waals surface area (Å²) in [6.07, 6.45) is 0.944. The molecule has 60 valence electrons. The van der Waals surface area contributed by atoms with E-state index in [4.69, 9.17) is 11.3 Å². The summed E-state index contributed by atoms with van der Waals surface area (Å²) in [5.41, 5.74) is 11.0. The first-order valence-electron chi connectivity index (χ1n) is 2.60. The van der Waals surface area contributed by atoms with Gasteiger partial charge in [-0.3, -0.25) is 0 Å². The zero-order chi connectivity index (χ0) is 8.24. The van der Waals surface area contributed by atoms with Crippen LogP contribution in [0.15, 0.2) is 10.2 Å². The van der Waals surface area contributed by atoms with Crippen LogP contribution < -0.4 is 11.6 Å². The summed E-state index contributed by atoms with van der Waals surface area (Å²) >= 11 is 0. The third-order valence-electron chi connectivity index (χ3n) is 0.446. The van der Waals surface area contributed by atoms with Crippen LogP contribution in [0.2, 0.25) is 0 Å². The number of nitrogens with zero attached hydrogens (tertiary/aromatic N) is 2. The summed E-state index contributed by atoms with van der Waals surface area (Å²) in [5, 5.41) is 5.56. The molecule has 0 aromatic carbocycles. The van der Waals surface area contributed by atoms with Crippen molar-refractivity contribution in [1.82, 2.24) is 0 Å². The molecule has 0 radical (unpaired) electrons. The van der Waals surface area contributed by atoms with E-state index in [9.17, 15) is 0 Å². The van der Waals surface area contributed by atoms with Gasteiger partial charge in [-0.05, 0) is 0 Å². The van der Waals surface area contributed by atoms with E-state index in [1.807, 2.05) is 0 Å². The van der Waals surface area contributed by atoms with Crippen LogP contribution in [0.5, 0.6) is 0 Å². The van der Waals surface area contributed by atoms with E-state index in [0.717, 1.165) is 6.34 Å². The maximum atomic E-state index is 6.00. The fraction of sp³-hybridized carbons (Fsp3) is 0.750. The molecule has 6 nitrogen and oxygen atoms in total. The van der Waals surface area contributed by atoms with E-state index in [-0.39, 0.29) is 0 Å². The molecule has 0 heterocycles. The standard InChI is InChI=1S/C3H9NO.CH4N4/c1-5-3-2-4;2-4-1-5-3/h2-4H2,1H3;1-2H,3H2. The number of rotatable bonds is 3. The Labute approximate surface area is 59.7 Å². The van der Waals surface area contributed by atoms with Gasteiger partial charge in [0.1, 0.15) is 0 Å². The summed E-state index contributed by atoms with van der Waals surface area (Å²) in [5.74, 6) is 4.49. The zero-order valence-corrected chi connectivity index (χ0v) is 5.95. The molecule has 0 bridgehead atoms. The summed E-state index contributed by atoms with van der Waals surface area (Å²) < 4.78 is 4.57. The van der Waals surface area contributed by atoms with Crippen molar-refractivity contribution in [2.75, 3.05) is 20.3 Å². The molecule has 0 fully saturated rings. The molecular formula is C4H13N5O. The lowest BCUT2D eigenvalue weighted by molar-refractivity contribution is 0.207. The minimum absolute atomic E-state index is 0.622. The largest absolute Gasteiger partial charge is 0.383 e. The fourth-order valence-electron chi connectivity index (χ4n) is 0.151. The van der Waals surface area contributed by atoms with Gasteiger partial charge in [-0.25, -0.2) is 5.53 Å². The second kappa shape index (κ2) is 15.7. The van der Waals surface area contributed by atoms with E-state index < -0.39 is 0 Å². The third kappa shape index (κ3) is 28.1. The first-order valence-corrected chi connectivity index (χ1v) is 2.60. The summed E-state index contributed by atoms with van der Waals surface area (Å²) in [4.78, 5) is 0. The van der Waals surface area contributed by atoms with Gasteiger partial charge in [0.05, 0.1) is 6.61 Å². The molecule has 0 atom stereocenters. The quantitative estimate of drug-likeness (QED) is 0.165. The monoisotopic (exact) mass is 147 g/mol. The molecular weight excluding hydrogens is 134 g/mol. The molecule has 0 aliphatic rings. The van der Waals surface area contributed by atoms with E-state index in [0.29, 0.717) is 13.2 Å². The molecule has 0 saturated carbocycles. The Balaban J connectivity index is 0. The third-order valence-corrected chi connectivity index (χ3v) is 0.446. The van der Waals surface area contributed by atoms with Crippen molar-refractivity contribution in [2.24, 2.45) is 21.8 Å². The Bertz CT molecular complexity index is 81.7. The van der Waals surface area contributed by atoms with Crippen LogP contribution in [0.3, 0.4) is 0 Å². The zero-order valence-electron chi connectivity index (χ0n) is 5.95. The number of hydrazone groups is 1. The molecule has 0 aromatic rings. The predicted octanol–water partition coefficient (Wildman–Crippen LogP) is -0.489. The Kier molecular flexibility index (Phi) is 18.4. The maximum Gasteiger partial charge on any atom is 0.156 e. The smallest absolute Gasteiger partial charge is 0.156 e. The lowest BCUT2D eigenvalue weighted by Gasteiger charge is -1.85. The lowest BCUT2D eigenvalue weighted by atomic mass is 10.7. The summed E-state index contributed by atoms with van der Waals surface area (Å²) in [7, 11) is 1.63. The van der Waals surface area contributed by atoms with Crippen molar-refractivity contribution in [1.29, 1.82) is 5.53 Å². The fourth-order valence-corrected chi connectivity index (χ4v) is 0.151. The van der Waals surface area contributed by atoms with Crippen LogP contribution in [0.4, 0.5) is 0 Å². The molecule has 10 heavy (non-hydrogen) atoms. The van der Waals surface area contributed by atoms with E-state index in [1.165, 1.54) is 0 Å². The molecule has 0 amide bonds. The first-order chi connectivity index (χ1) is 4.83. The van der Waals surface area contributed by atoms with Crippen molar-refractivity contribution >= 4 is 6.34 Å². The molecule has 0 unspecified atom stereocenters. The molecule has 0 aromatic heterocycles. The average molecular weight is 147 g/mol. The highest BCUT2D eigenvalue weighted by atomic mass is 16.5. The van der Waals surface area contributed by atoms with Gasteiger partial charge in [-0.1, -0.05) is 0 Å². The minimum Gasteiger partial charge on any atom is -0.383 e. The molecule has 0 aliphatic heterocycles. The van der Waals surface area contributed by atoms with Crippen LogP contribution in [0.25, 0.3) is 0 Å². The van der Waals surface area contributed by atoms with Crippen molar-refractivity contribution in [3.63, 3.8) is 0 Å². The Morgan fingerprint density at radius 2 is 2.30 bits per heavy atom. The van der Waals surface area contributed by atoms with Gasteiger partial charge < -0.3 is 16.3 Å². The van der Waals surface area contributed by atoms with Crippen LogP contribution in [0, 0.1) is 5.53 Å². The minimum atomic E-state index is 0.622. The predicted molar refractivity (Wildman–Crippen MR) is 38.8 cm³/mol. The van der Waals surface area contributed by atoms with Crippen LogP contribution in [-0.4, -0.2) is 26.6 Å². The molecule has 5 N–H and O–H groups in total. The number of hydrogen-bond acceptors (Lipinski definition) is 5. The van der Waals surface area contributed by atoms with Gasteiger partial charge in [0.15, 0.2) is 6.34 Å². The molecule has 0 aliphatic carbocycles. The van der Waals surface area contributed by atoms with Crippen molar-refractivity contribution in [2.45, 2.75) is 0 Å². The van der Waals surface area contributed by atoms with Crippen LogP contribution in [0.1, 0.15) is 0 Å². The first kappa shape index (κ1) is 11.7. The Morgan fingerprint density at radius 1 is 1.70 bits per heavy atom. The molecule has 0 spiro atoms. The van der Waals surface area contributed by atoms with E-state index in [1.54, 1.807) is 7.11 Å². The van der Waals surface area contributed by atoms with Gasteiger partial charge in [0, 0.05) is 13.7 Å². The van der Waals surface area contributed by atoms with Crippen molar-refractivity contribution < 1.29 is 4.74 Å². The SMILES string of the molecule is COCCN.N=NC=NN. The Morgan fingerprint density at radius 3 is 2.30 bits per heavy atom. The second-order valence-corrected chi connectivity index (χ2v) is 1.18. The van der Waals surface area contributed by atoms with Gasteiger partial charge in [0.25, 0.3) is 0 Å². The van der Waals surface area contributed by atoms with Gasteiger partial charge >= 0.3 is 0 Å². The maximum absolute atomic E-state index is 6.00. The van der Waals surface area contributed by atoms with Crippen LogP contribution in [-0.2, 0) is 4.74 Å². The van der Waals surface area contributed by atoms with Crippen molar-refractivity contribution in [3.05, 3.63) is 0 Å². The summed E-state index contributed by atoms with van der Waals surface area (Å²) in [6, 6.07) is 0. The second-order valence-electron chi connectivity index (χ2n) is 1.18. The highest BCUT2D eigenvalue weighted by Gasteiger charge is 1.65. The van der Waals surface area contributed by atoms with E-state index >= 15 is 0 Å². The van der Waals surface area contributed by atoms with Crippen molar-refractivity contribution in [3.8, 4) is 0 Å². The number of ether oxygens (including phenoxy) is 1. The summed E-state index contributed by atoms with van der Waals surface area (Å²) in [6.45, 7) is 1.29. The van der Waals surface area contributed by atoms with Gasteiger partial charge in [0.2, 0.25) is 0 Å². The molecule has 0 rings (SSSR count). The highest BCUT2D eigenvalue weighted by Crippen LogP contribution is 1.53. The molecule has 0 saturated heterocycles. The molecule has 6 heteroatoms. The number of nitrogens with two attached hydrogens (primary N) is 2. The Hall–Kier alpha value is -1.01. The number of hydrogen-bond donors (Lipinski definition) is 3. The van der Waals surface area contributed by atoms with Crippen LogP contribution >= 0.6 is 0 Å². The topological polar surface area (TPSA) is 110 Å². The number of nitrogens with one attached hydrogen (secondary N) is 1. The average Bonchev–Trinajstić information content (AvgIpc) is 1.93.